The van der Waals surface area contributed by atoms with E-state index in [0.29, 0.717) is 11.3 Å². The first-order chi connectivity index (χ1) is 9.08. The number of anilines is 1. The van der Waals surface area contributed by atoms with Crippen molar-refractivity contribution in [2.24, 2.45) is 5.73 Å². The fraction of sp³-hybridized carbons (Fsp3) is 0. The molecule has 1 aromatic carbocycles. The van der Waals surface area contributed by atoms with Gasteiger partial charge in [0.1, 0.15) is 10.8 Å². The third-order valence-corrected chi connectivity index (χ3v) is 2.56. The van der Waals surface area contributed by atoms with Gasteiger partial charge in [0.15, 0.2) is 0 Å². The Morgan fingerprint density at radius 2 is 2.11 bits per heavy atom. The molecule has 0 saturated heterocycles. The summed E-state index contributed by atoms with van der Waals surface area (Å²) in [6.07, 6.45) is 2.72. The number of carbonyl (C=O) groups excluding carboxylic acids is 1. The van der Waals surface area contributed by atoms with E-state index in [2.05, 4.69) is 15.5 Å². The fourth-order valence-corrected chi connectivity index (χ4v) is 1.62. The molecule has 0 radical (unpaired) electrons. The molecule has 2 aromatic rings. The van der Waals surface area contributed by atoms with E-state index < -0.39 is 11.7 Å². The number of rotatable bonds is 3. The maximum absolute atomic E-state index is 13.1. The monoisotopic (exact) mass is 276 g/mol. The Morgan fingerprint density at radius 1 is 1.32 bits per heavy atom. The first kappa shape index (κ1) is 13.0. The van der Waals surface area contributed by atoms with E-state index >= 15 is 0 Å². The van der Waals surface area contributed by atoms with Gasteiger partial charge in [-0.2, -0.15) is 10.2 Å². The van der Waals surface area contributed by atoms with Crippen LogP contribution in [0.5, 0.6) is 0 Å². The Morgan fingerprint density at radius 3 is 2.74 bits per heavy atom. The quantitative estimate of drug-likeness (QED) is 0.830. The van der Waals surface area contributed by atoms with Gasteiger partial charge in [-0.25, -0.2) is 4.39 Å². The number of amides is 1. The molecule has 96 valence electrons. The van der Waals surface area contributed by atoms with Gasteiger partial charge in [-0.15, -0.1) is 0 Å². The summed E-state index contributed by atoms with van der Waals surface area (Å²) in [5.41, 5.74) is 6.43. The van der Waals surface area contributed by atoms with Gasteiger partial charge < -0.3 is 11.1 Å². The third-order valence-electron chi connectivity index (χ3n) is 2.34. The second-order valence-electron chi connectivity index (χ2n) is 3.64. The molecular formula is C12H9FN4OS. The fourth-order valence-electron chi connectivity index (χ4n) is 1.45. The van der Waals surface area contributed by atoms with Crippen molar-refractivity contribution < 1.29 is 9.18 Å². The van der Waals surface area contributed by atoms with Crippen LogP contribution < -0.4 is 11.1 Å². The zero-order chi connectivity index (χ0) is 13.8. The number of carbonyl (C=O) groups is 1. The van der Waals surface area contributed by atoms with Crippen molar-refractivity contribution in [3.05, 3.63) is 53.6 Å². The Bertz CT molecular complexity index is 633. The predicted octanol–water partition coefficient (Wildman–Crippen LogP) is 1.50. The highest BCUT2D eigenvalue weighted by Crippen LogP contribution is 2.17. The average molecular weight is 276 g/mol. The van der Waals surface area contributed by atoms with E-state index in [1.54, 1.807) is 0 Å². The molecule has 5 nitrogen and oxygen atoms in total. The lowest BCUT2D eigenvalue weighted by molar-refractivity contribution is 0.102. The van der Waals surface area contributed by atoms with Gasteiger partial charge in [-0.1, -0.05) is 12.2 Å². The van der Waals surface area contributed by atoms with Gasteiger partial charge in [-0.3, -0.25) is 4.79 Å². The Labute approximate surface area is 113 Å². The van der Waals surface area contributed by atoms with Gasteiger partial charge in [0.25, 0.3) is 5.91 Å². The summed E-state index contributed by atoms with van der Waals surface area (Å²) in [4.78, 5) is 11.9. The molecule has 0 aliphatic carbocycles. The van der Waals surface area contributed by atoms with Crippen molar-refractivity contribution in [3.8, 4) is 0 Å². The second-order valence-corrected chi connectivity index (χ2v) is 4.08. The molecule has 0 fully saturated rings. The highest BCUT2D eigenvalue weighted by atomic mass is 32.1. The minimum atomic E-state index is -0.480. The molecule has 0 aliphatic rings. The van der Waals surface area contributed by atoms with Crippen LogP contribution in [0.3, 0.4) is 0 Å². The zero-order valence-corrected chi connectivity index (χ0v) is 10.4. The minimum absolute atomic E-state index is 0.00246. The van der Waals surface area contributed by atoms with Crippen molar-refractivity contribution in [2.75, 3.05) is 5.32 Å². The predicted molar refractivity (Wildman–Crippen MR) is 72.3 cm³/mol. The van der Waals surface area contributed by atoms with E-state index in [9.17, 15) is 9.18 Å². The summed E-state index contributed by atoms with van der Waals surface area (Å²) in [7, 11) is 0. The van der Waals surface area contributed by atoms with Crippen molar-refractivity contribution in [3.63, 3.8) is 0 Å². The molecule has 1 amide bonds. The molecule has 0 atom stereocenters. The summed E-state index contributed by atoms with van der Waals surface area (Å²) in [6, 6.07) is 5.29. The number of halogens is 1. The van der Waals surface area contributed by atoms with E-state index in [0.717, 1.165) is 0 Å². The number of nitrogens with one attached hydrogen (secondary N) is 1. The van der Waals surface area contributed by atoms with Crippen molar-refractivity contribution in [1.82, 2.24) is 10.2 Å². The summed E-state index contributed by atoms with van der Waals surface area (Å²) in [5.74, 6) is -0.884. The molecule has 1 heterocycles. The van der Waals surface area contributed by atoms with Crippen LogP contribution in [0, 0.1) is 5.82 Å². The minimum Gasteiger partial charge on any atom is -0.389 e. The van der Waals surface area contributed by atoms with Crippen LogP contribution in [0.4, 0.5) is 10.1 Å². The first-order valence-electron chi connectivity index (χ1n) is 5.25. The van der Waals surface area contributed by atoms with E-state index in [1.807, 2.05) is 0 Å². The Balaban J connectivity index is 2.29. The molecule has 2 rings (SSSR count). The number of hydrogen-bond acceptors (Lipinski definition) is 4. The lowest BCUT2D eigenvalue weighted by Gasteiger charge is -2.10. The summed E-state index contributed by atoms with van der Waals surface area (Å²) in [5, 5.41) is 9.76. The van der Waals surface area contributed by atoms with E-state index in [4.69, 9.17) is 18.0 Å². The highest BCUT2D eigenvalue weighted by molar-refractivity contribution is 7.80. The SMILES string of the molecule is NC(=S)c1cc(F)ccc1NC(=O)c1ccnnc1. The van der Waals surface area contributed by atoms with Crippen LogP contribution >= 0.6 is 12.2 Å². The maximum atomic E-state index is 13.1. The van der Waals surface area contributed by atoms with Crippen LogP contribution in [0.25, 0.3) is 0 Å². The smallest absolute Gasteiger partial charge is 0.257 e. The van der Waals surface area contributed by atoms with Crippen molar-refractivity contribution in [1.29, 1.82) is 0 Å². The molecule has 1 aromatic heterocycles. The van der Waals surface area contributed by atoms with Crippen LogP contribution in [0.2, 0.25) is 0 Å². The topological polar surface area (TPSA) is 80.9 Å². The van der Waals surface area contributed by atoms with Crippen molar-refractivity contribution >= 4 is 28.8 Å². The molecule has 0 aliphatic heterocycles. The summed E-state index contributed by atoms with van der Waals surface area (Å²) >= 11 is 4.82. The molecule has 7 heteroatoms. The Kier molecular flexibility index (Phi) is 3.76. The van der Waals surface area contributed by atoms with E-state index in [-0.39, 0.29) is 10.6 Å². The summed E-state index contributed by atoms with van der Waals surface area (Å²) in [6.45, 7) is 0. The van der Waals surface area contributed by atoms with Gasteiger partial charge >= 0.3 is 0 Å². The highest BCUT2D eigenvalue weighted by Gasteiger charge is 2.11. The number of benzene rings is 1. The lowest BCUT2D eigenvalue weighted by atomic mass is 10.1. The van der Waals surface area contributed by atoms with Gasteiger partial charge in [-0.05, 0) is 24.3 Å². The Hall–Kier alpha value is -2.41. The molecular weight excluding hydrogens is 267 g/mol. The second kappa shape index (κ2) is 5.49. The average Bonchev–Trinajstić information content (AvgIpc) is 2.41. The molecule has 0 bridgehead atoms. The van der Waals surface area contributed by atoms with Crippen molar-refractivity contribution in [2.45, 2.75) is 0 Å². The maximum Gasteiger partial charge on any atom is 0.257 e. The third kappa shape index (κ3) is 3.08. The molecule has 0 unspecified atom stereocenters. The number of nitrogens with zero attached hydrogens (tertiary/aromatic N) is 2. The summed E-state index contributed by atoms with van der Waals surface area (Å²) < 4.78 is 13.1. The molecule has 0 saturated carbocycles. The first-order valence-corrected chi connectivity index (χ1v) is 5.66. The van der Waals surface area contributed by atoms with Gasteiger partial charge in [0.05, 0.1) is 23.6 Å². The zero-order valence-electron chi connectivity index (χ0n) is 9.63. The van der Waals surface area contributed by atoms with Gasteiger partial charge in [0.2, 0.25) is 0 Å². The molecule has 0 spiro atoms. The normalized spacial score (nSPS) is 9.95. The van der Waals surface area contributed by atoms with E-state index in [1.165, 1.54) is 36.7 Å². The van der Waals surface area contributed by atoms with Crippen LogP contribution in [0.15, 0.2) is 36.7 Å². The number of nitrogens with two attached hydrogens (primary N) is 1. The largest absolute Gasteiger partial charge is 0.389 e. The molecule has 19 heavy (non-hydrogen) atoms. The number of thiocarbonyl (C=S) groups is 1. The molecule has 3 N–H and O–H groups in total. The van der Waals surface area contributed by atoms with Gasteiger partial charge in [0, 0.05) is 5.56 Å². The number of hydrogen-bond donors (Lipinski definition) is 2. The van der Waals surface area contributed by atoms with Crippen LogP contribution in [-0.4, -0.2) is 21.1 Å². The van der Waals surface area contributed by atoms with Crippen LogP contribution in [0.1, 0.15) is 15.9 Å². The standard InChI is InChI=1S/C12H9FN4OS/c13-8-1-2-10(9(5-8)11(14)19)17-12(18)7-3-4-15-16-6-7/h1-6H,(H2,14,19)(H,17,18). The lowest BCUT2D eigenvalue weighted by Crippen LogP contribution is -2.18. The van der Waals surface area contributed by atoms with Crippen LogP contribution in [-0.2, 0) is 0 Å². The number of aromatic nitrogens is 2.